The summed E-state index contributed by atoms with van der Waals surface area (Å²) in [7, 11) is 0. The number of aromatic hydroxyl groups is 1. The predicted octanol–water partition coefficient (Wildman–Crippen LogP) is 2.05. The second-order valence-corrected chi connectivity index (χ2v) is 3.12. The molecule has 0 atom stereocenters. The molecule has 3 nitrogen and oxygen atoms in total. The Morgan fingerprint density at radius 1 is 1.54 bits per heavy atom. The van der Waals surface area contributed by atoms with Crippen LogP contribution in [0.5, 0.6) is 5.75 Å². The van der Waals surface area contributed by atoms with Crippen molar-refractivity contribution in [3.05, 3.63) is 22.7 Å². The van der Waals surface area contributed by atoms with Gasteiger partial charge in [0.2, 0.25) is 0 Å². The van der Waals surface area contributed by atoms with Crippen LogP contribution in [0.1, 0.15) is 10.4 Å². The van der Waals surface area contributed by atoms with Crippen LogP contribution in [-0.2, 0) is 0 Å². The summed E-state index contributed by atoms with van der Waals surface area (Å²) in [6, 6.07) is 2.50. The maximum atomic E-state index is 11.2. The van der Waals surface area contributed by atoms with Gasteiger partial charge < -0.3 is 10.8 Å². The third-order valence-electron chi connectivity index (χ3n) is 1.51. The minimum Gasteiger partial charge on any atom is -0.508 e. The summed E-state index contributed by atoms with van der Waals surface area (Å²) in [5.74, 6) is -0.618. The van der Waals surface area contributed by atoms with E-state index in [0.717, 1.165) is 0 Å². The van der Waals surface area contributed by atoms with Gasteiger partial charge in [-0.25, -0.2) is 0 Å². The lowest BCUT2D eigenvalue weighted by Gasteiger charge is -2.05. The highest BCUT2D eigenvalue weighted by atomic mass is 35.5. The Labute approximate surface area is 85.1 Å². The molecule has 0 radical (unpaired) electrons. The van der Waals surface area contributed by atoms with Gasteiger partial charge in [0.05, 0.1) is 16.5 Å². The van der Waals surface area contributed by atoms with E-state index in [-0.39, 0.29) is 33.7 Å². The number of anilines is 1. The van der Waals surface area contributed by atoms with Crippen LogP contribution >= 0.6 is 23.2 Å². The molecule has 0 spiro atoms. The molecule has 3 N–H and O–H groups in total. The van der Waals surface area contributed by atoms with Crippen LogP contribution in [0.25, 0.3) is 0 Å². The van der Waals surface area contributed by atoms with Crippen LogP contribution in [0.2, 0.25) is 5.02 Å². The van der Waals surface area contributed by atoms with Crippen molar-refractivity contribution >= 4 is 34.7 Å². The molecule has 1 aromatic rings. The molecular formula is C8H7Cl2NO2. The first-order valence-electron chi connectivity index (χ1n) is 3.43. The quantitative estimate of drug-likeness (QED) is 0.455. The highest BCUT2D eigenvalue weighted by Gasteiger charge is 2.13. The average Bonchev–Trinajstić information content (AvgIpc) is 2.02. The van der Waals surface area contributed by atoms with Gasteiger partial charge >= 0.3 is 0 Å². The zero-order valence-electron chi connectivity index (χ0n) is 6.55. The molecule has 0 aromatic heterocycles. The van der Waals surface area contributed by atoms with Gasteiger partial charge in [0.1, 0.15) is 5.75 Å². The van der Waals surface area contributed by atoms with Crippen LogP contribution in [0, 0.1) is 0 Å². The largest absolute Gasteiger partial charge is 0.508 e. The fourth-order valence-electron chi connectivity index (χ4n) is 0.974. The fraction of sp³-hybridized carbons (Fsp3) is 0.125. The zero-order chi connectivity index (χ0) is 10.0. The van der Waals surface area contributed by atoms with E-state index in [0.29, 0.717) is 0 Å². The molecule has 0 aliphatic heterocycles. The summed E-state index contributed by atoms with van der Waals surface area (Å²) in [4.78, 5) is 11.2. The summed E-state index contributed by atoms with van der Waals surface area (Å²) in [6.07, 6.45) is 0. The maximum Gasteiger partial charge on any atom is 0.181 e. The van der Waals surface area contributed by atoms with Gasteiger partial charge in [0.15, 0.2) is 5.78 Å². The number of halogens is 2. The average molecular weight is 220 g/mol. The summed E-state index contributed by atoms with van der Waals surface area (Å²) < 4.78 is 0. The molecule has 0 saturated heterocycles. The Hall–Kier alpha value is -0.930. The normalized spacial score (nSPS) is 10.0. The smallest absolute Gasteiger partial charge is 0.181 e. The van der Waals surface area contributed by atoms with Crippen LogP contribution in [0.15, 0.2) is 12.1 Å². The number of ketones is 1. The van der Waals surface area contributed by atoms with E-state index in [2.05, 4.69) is 0 Å². The van der Waals surface area contributed by atoms with Crippen molar-refractivity contribution in [1.29, 1.82) is 0 Å². The maximum absolute atomic E-state index is 11.2. The molecule has 0 saturated carbocycles. The first-order valence-corrected chi connectivity index (χ1v) is 4.34. The molecule has 0 aliphatic rings. The molecule has 1 rings (SSSR count). The molecule has 0 bridgehead atoms. The van der Waals surface area contributed by atoms with Gasteiger partial charge in [-0.05, 0) is 6.07 Å². The molecule has 0 heterocycles. The number of alkyl halides is 1. The van der Waals surface area contributed by atoms with E-state index < -0.39 is 0 Å². The number of carbonyl (C=O) groups excluding carboxylic acids is 1. The van der Waals surface area contributed by atoms with Crippen LogP contribution in [-0.4, -0.2) is 16.8 Å². The van der Waals surface area contributed by atoms with Crippen molar-refractivity contribution < 1.29 is 9.90 Å². The number of nitrogens with two attached hydrogens (primary N) is 1. The molecule has 5 heteroatoms. The predicted molar refractivity (Wildman–Crippen MR) is 52.6 cm³/mol. The second-order valence-electron chi connectivity index (χ2n) is 2.45. The lowest BCUT2D eigenvalue weighted by molar-refractivity contribution is 0.102. The van der Waals surface area contributed by atoms with Crippen molar-refractivity contribution in [1.82, 2.24) is 0 Å². The monoisotopic (exact) mass is 219 g/mol. The van der Waals surface area contributed by atoms with E-state index in [9.17, 15) is 4.79 Å². The molecular weight excluding hydrogens is 213 g/mol. The summed E-state index contributed by atoms with van der Waals surface area (Å²) >= 11 is 11.0. The summed E-state index contributed by atoms with van der Waals surface area (Å²) in [5, 5.41) is 9.18. The van der Waals surface area contributed by atoms with Gasteiger partial charge in [0.25, 0.3) is 0 Å². The summed E-state index contributed by atoms with van der Waals surface area (Å²) in [6.45, 7) is 0. The van der Waals surface area contributed by atoms with Crippen molar-refractivity contribution in [2.75, 3.05) is 11.6 Å². The Morgan fingerprint density at radius 3 is 2.62 bits per heavy atom. The van der Waals surface area contributed by atoms with Crippen molar-refractivity contribution in [3.63, 3.8) is 0 Å². The molecule has 13 heavy (non-hydrogen) atoms. The van der Waals surface area contributed by atoms with E-state index >= 15 is 0 Å². The highest BCUT2D eigenvalue weighted by molar-refractivity contribution is 6.38. The number of benzene rings is 1. The lowest BCUT2D eigenvalue weighted by atomic mass is 10.1. The number of rotatable bonds is 2. The van der Waals surface area contributed by atoms with Gasteiger partial charge in [-0.15, -0.1) is 11.6 Å². The Bertz CT molecular complexity index is 329. The number of phenols is 1. The third-order valence-corrected chi connectivity index (χ3v) is 2.05. The number of nitrogen functional groups attached to an aromatic ring is 1. The molecule has 0 aliphatic carbocycles. The lowest BCUT2D eigenvalue weighted by Crippen LogP contribution is -2.05. The summed E-state index contributed by atoms with van der Waals surface area (Å²) in [5.41, 5.74) is 5.77. The number of hydrogen-bond donors (Lipinski definition) is 2. The molecule has 0 unspecified atom stereocenters. The Kier molecular flexibility index (Phi) is 3.01. The minimum atomic E-state index is -0.357. The van der Waals surface area contributed by atoms with E-state index in [4.69, 9.17) is 34.0 Å². The highest BCUT2D eigenvalue weighted by Crippen LogP contribution is 2.28. The molecule has 0 fully saturated rings. The first kappa shape index (κ1) is 10.2. The Balaban J connectivity index is 3.28. The minimum absolute atomic E-state index is 0.0753. The van der Waals surface area contributed by atoms with E-state index in [1.807, 2.05) is 0 Å². The van der Waals surface area contributed by atoms with Crippen LogP contribution in [0.4, 0.5) is 5.69 Å². The van der Waals surface area contributed by atoms with Gasteiger partial charge in [-0.1, -0.05) is 11.6 Å². The van der Waals surface area contributed by atoms with Crippen LogP contribution < -0.4 is 5.73 Å². The Morgan fingerprint density at radius 2 is 2.15 bits per heavy atom. The fourth-order valence-corrected chi connectivity index (χ4v) is 1.43. The van der Waals surface area contributed by atoms with Crippen molar-refractivity contribution in [2.45, 2.75) is 0 Å². The van der Waals surface area contributed by atoms with Gasteiger partial charge in [-0.2, -0.15) is 0 Å². The zero-order valence-corrected chi connectivity index (χ0v) is 8.06. The van der Waals surface area contributed by atoms with E-state index in [1.54, 1.807) is 0 Å². The first-order chi connectivity index (χ1) is 6.06. The third kappa shape index (κ3) is 2.05. The molecule has 1 aromatic carbocycles. The number of carbonyl (C=O) groups is 1. The number of phenolic OH excluding ortho intramolecular Hbond substituents is 1. The van der Waals surface area contributed by atoms with Gasteiger partial charge in [-0.3, -0.25) is 4.79 Å². The van der Waals surface area contributed by atoms with Crippen molar-refractivity contribution in [3.8, 4) is 5.75 Å². The molecule has 0 amide bonds. The molecule has 70 valence electrons. The SMILES string of the molecule is Nc1cc(O)cc(Cl)c1C(=O)CCl. The topological polar surface area (TPSA) is 63.3 Å². The number of Topliss-reactive ketones (excluding diaryl/α,β-unsaturated/α-hetero) is 1. The standard InChI is InChI=1S/C8H7Cl2NO2/c9-3-7(13)8-5(10)1-4(12)2-6(8)11/h1-2,12H,3,11H2. The van der Waals surface area contributed by atoms with Gasteiger partial charge in [0, 0.05) is 11.8 Å². The van der Waals surface area contributed by atoms with Crippen LogP contribution in [0.3, 0.4) is 0 Å². The number of hydrogen-bond acceptors (Lipinski definition) is 3. The second kappa shape index (κ2) is 3.85. The van der Waals surface area contributed by atoms with Crippen molar-refractivity contribution in [2.24, 2.45) is 0 Å². The van der Waals surface area contributed by atoms with E-state index in [1.165, 1.54) is 12.1 Å².